The van der Waals surface area contributed by atoms with Crippen LogP contribution in [0, 0.1) is 6.92 Å². The maximum atomic E-state index is 11.8. The minimum absolute atomic E-state index is 0.0307. The number of hydrogen-bond donors (Lipinski definition) is 1. The Labute approximate surface area is 121 Å². The molecule has 0 aromatic heterocycles. The highest BCUT2D eigenvalue weighted by atomic mass is 35.6. The molecule has 4 nitrogen and oxygen atoms in total. The number of rotatable bonds is 3. The van der Waals surface area contributed by atoms with Crippen molar-refractivity contribution < 1.29 is 8.42 Å². The molecule has 0 unspecified atom stereocenters. The number of benzene rings is 1. The van der Waals surface area contributed by atoms with Gasteiger partial charge < -0.3 is 0 Å². The maximum absolute atomic E-state index is 11.8. The standard InChI is InChI=1S/C10H11Cl3N2O2S/c1-7-3-5-9(6-4-7)18(16,17)15-14-8(2)10(11,12)13/h3-6,15H,1-2H3. The molecule has 100 valence electrons. The van der Waals surface area contributed by atoms with Crippen LogP contribution < -0.4 is 4.83 Å². The van der Waals surface area contributed by atoms with Crippen molar-refractivity contribution in [3.05, 3.63) is 29.8 Å². The van der Waals surface area contributed by atoms with Crippen molar-refractivity contribution in [1.82, 2.24) is 4.83 Å². The fraction of sp³-hybridized carbons (Fsp3) is 0.300. The van der Waals surface area contributed by atoms with E-state index in [9.17, 15) is 8.42 Å². The van der Waals surface area contributed by atoms with Crippen LogP contribution in [0.3, 0.4) is 0 Å². The summed E-state index contributed by atoms with van der Waals surface area (Å²) in [6, 6.07) is 6.30. The first-order valence-corrected chi connectivity index (χ1v) is 7.44. The summed E-state index contributed by atoms with van der Waals surface area (Å²) in [4.78, 5) is 2.10. The van der Waals surface area contributed by atoms with Crippen molar-refractivity contribution in [2.45, 2.75) is 22.5 Å². The highest BCUT2D eigenvalue weighted by molar-refractivity contribution is 7.89. The number of nitrogens with zero attached hydrogens (tertiary/aromatic N) is 1. The molecule has 0 amide bonds. The molecule has 0 saturated heterocycles. The zero-order valence-electron chi connectivity index (χ0n) is 9.62. The van der Waals surface area contributed by atoms with Crippen LogP contribution >= 0.6 is 34.8 Å². The van der Waals surface area contributed by atoms with E-state index in [2.05, 4.69) is 5.10 Å². The molecule has 0 atom stereocenters. The van der Waals surface area contributed by atoms with Gasteiger partial charge in [-0.1, -0.05) is 52.5 Å². The van der Waals surface area contributed by atoms with E-state index in [1.54, 1.807) is 12.1 Å². The van der Waals surface area contributed by atoms with E-state index in [0.29, 0.717) is 0 Å². The monoisotopic (exact) mass is 328 g/mol. The SMILES string of the molecule is CC(=NNS(=O)(=O)c1ccc(C)cc1)C(Cl)(Cl)Cl. The first-order valence-electron chi connectivity index (χ1n) is 4.83. The van der Waals surface area contributed by atoms with Gasteiger partial charge in [0.1, 0.15) is 0 Å². The van der Waals surface area contributed by atoms with Gasteiger partial charge in [-0.15, -0.1) is 0 Å². The van der Waals surface area contributed by atoms with Gasteiger partial charge in [0.15, 0.2) is 0 Å². The molecule has 0 aliphatic heterocycles. The third-order valence-corrected chi connectivity index (χ3v) is 4.12. The molecule has 1 N–H and O–H groups in total. The van der Waals surface area contributed by atoms with E-state index in [1.807, 2.05) is 11.8 Å². The third-order valence-electron chi connectivity index (χ3n) is 2.08. The van der Waals surface area contributed by atoms with Crippen LogP contribution in [0.25, 0.3) is 0 Å². The van der Waals surface area contributed by atoms with Gasteiger partial charge in [0.25, 0.3) is 10.0 Å². The number of hydrogen-bond acceptors (Lipinski definition) is 3. The van der Waals surface area contributed by atoms with Crippen LogP contribution in [-0.4, -0.2) is 17.9 Å². The van der Waals surface area contributed by atoms with Gasteiger partial charge in [0.2, 0.25) is 3.79 Å². The molecule has 0 spiro atoms. The summed E-state index contributed by atoms with van der Waals surface area (Å²) >= 11 is 16.6. The minimum atomic E-state index is -3.75. The Morgan fingerprint density at radius 2 is 1.72 bits per heavy atom. The van der Waals surface area contributed by atoms with Crippen LogP contribution in [0.4, 0.5) is 0 Å². The summed E-state index contributed by atoms with van der Waals surface area (Å²) < 4.78 is 21.9. The fourth-order valence-electron chi connectivity index (χ4n) is 0.962. The normalized spacial score (nSPS) is 13.5. The second-order valence-electron chi connectivity index (χ2n) is 3.60. The summed E-state index contributed by atoms with van der Waals surface area (Å²) in [5.74, 6) is 0. The fourth-order valence-corrected chi connectivity index (χ4v) is 1.95. The van der Waals surface area contributed by atoms with Crippen molar-refractivity contribution in [2.75, 3.05) is 0 Å². The molecule has 1 aromatic carbocycles. The van der Waals surface area contributed by atoms with E-state index in [4.69, 9.17) is 34.8 Å². The molecule has 0 aliphatic carbocycles. The topological polar surface area (TPSA) is 58.5 Å². The number of alkyl halides is 3. The van der Waals surface area contributed by atoms with Crippen molar-refractivity contribution in [3.63, 3.8) is 0 Å². The van der Waals surface area contributed by atoms with Crippen molar-refractivity contribution in [3.8, 4) is 0 Å². The van der Waals surface area contributed by atoms with Crippen LogP contribution in [0.1, 0.15) is 12.5 Å². The summed E-state index contributed by atoms with van der Waals surface area (Å²) in [6.07, 6.45) is 0. The van der Waals surface area contributed by atoms with Crippen LogP contribution in [0.2, 0.25) is 0 Å². The number of halogens is 3. The first kappa shape index (κ1) is 15.6. The van der Waals surface area contributed by atoms with Crippen molar-refractivity contribution in [2.24, 2.45) is 5.10 Å². The highest BCUT2D eigenvalue weighted by Crippen LogP contribution is 2.27. The predicted octanol–water partition coefficient (Wildman–Crippen LogP) is 3.02. The third kappa shape index (κ3) is 4.31. The van der Waals surface area contributed by atoms with E-state index in [-0.39, 0.29) is 10.6 Å². The zero-order valence-corrected chi connectivity index (χ0v) is 12.7. The molecule has 18 heavy (non-hydrogen) atoms. The van der Waals surface area contributed by atoms with E-state index < -0.39 is 13.8 Å². The lowest BCUT2D eigenvalue weighted by atomic mass is 10.2. The van der Waals surface area contributed by atoms with Gasteiger partial charge in [0.05, 0.1) is 10.6 Å². The van der Waals surface area contributed by atoms with Crippen LogP contribution in [0.5, 0.6) is 0 Å². The average Bonchev–Trinajstić information content (AvgIpc) is 2.25. The second kappa shape index (κ2) is 5.65. The van der Waals surface area contributed by atoms with Gasteiger partial charge in [-0.3, -0.25) is 0 Å². The lowest BCUT2D eigenvalue weighted by Gasteiger charge is -2.10. The van der Waals surface area contributed by atoms with Gasteiger partial charge >= 0.3 is 0 Å². The Hall–Kier alpha value is -0.490. The van der Waals surface area contributed by atoms with Crippen LogP contribution in [0.15, 0.2) is 34.3 Å². The summed E-state index contributed by atoms with van der Waals surface area (Å²) in [5, 5.41) is 3.55. The quantitative estimate of drug-likeness (QED) is 0.526. The van der Waals surface area contributed by atoms with E-state index in [1.165, 1.54) is 19.1 Å². The Morgan fingerprint density at radius 1 is 1.22 bits per heavy atom. The molecule has 1 rings (SSSR count). The van der Waals surface area contributed by atoms with Crippen LogP contribution in [-0.2, 0) is 10.0 Å². The lowest BCUT2D eigenvalue weighted by Crippen LogP contribution is -2.24. The Balaban J connectivity index is 2.94. The molecule has 8 heteroatoms. The predicted molar refractivity (Wildman–Crippen MR) is 74.9 cm³/mol. The smallest absolute Gasteiger partial charge is 0.200 e. The van der Waals surface area contributed by atoms with Gasteiger partial charge in [-0.2, -0.15) is 18.4 Å². The average molecular weight is 330 g/mol. The largest absolute Gasteiger partial charge is 0.276 e. The molecular formula is C10H11Cl3N2O2S. The molecule has 1 aromatic rings. The van der Waals surface area contributed by atoms with Gasteiger partial charge in [-0.25, -0.2) is 0 Å². The molecule has 0 aliphatic rings. The summed E-state index contributed by atoms with van der Waals surface area (Å²) in [5.41, 5.74) is 0.984. The molecule has 0 saturated carbocycles. The molecule has 0 radical (unpaired) electrons. The molecule has 0 bridgehead atoms. The first-order chi connectivity index (χ1) is 8.13. The van der Waals surface area contributed by atoms with E-state index in [0.717, 1.165) is 5.56 Å². The van der Waals surface area contributed by atoms with Gasteiger partial charge in [0, 0.05) is 0 Å². The second-order valence-corrected chi connectivity index (χ2v) is 7.54. The highest BCUT2D eigenvalue weighted by Gasteiger charge is 2.25. The maximum Gasteiger partial charge on any atom is 0.276 e. The molecular weight excluding hydrogens is 319 g/mol. The Morgan fingerprint density at radius 3 is 2.17 bits per heavy atom. The number of sulfonamides is 1. The number of hydrazone groups is 1. The number of aryl methyl sites for hydroxylation is 1. The molecule has 0 heterocycles. The molecule has 0 fully saturated rings. The van der Waals surface area contributed by atoms with Crippen molar-refractivity contribution >= 4 is 50.5 Å². The van der Waals surface area contributed by atoms with Crippen molar-refractivity contribution in [1.29, 1.82) is 0 Å². The lowest BCUT2D eigenvalue weighted by molar-refractivity contribution is 0.584. The Kier molecular flexibility index (Phi) is 4.89. The minimum Gasteiger partial charge on any atom is -0.200 e. The summed E-state index contributed by atoms with van der Waals surface area (Å²) in [6.45, 7) is 3.26. The van der Waals surface area contributed by atoms with E-state index >= 15 is 0 Å². The Bertz CT molecular complexity index is 547. The summed E-state index contributed by atoms with van der Waals surface area (Å²) in [7, 11) is -3.75. The number of nitrogens with one attached hydrogen (secondary N) is 1. The zero-order chi connectivity index (χ0) is 14.0. The van der Waals surface area contributed by atoms with Gasteiger partial charge in [-0.05, 0) is 26.0 Å².